The molecule has 0 bridgehead atoms. The van der Waals surface area contributed by atoms with Crippen molar-refractivity contribution < 1.29 is 4.52 Å². The van der Waals surface area contributed by atoms with Gasteiger partial charge in [-0.2, -0.15) is 16.3 Å². The van der Waals surface area contributed by atoms with Gasteiger partial charge in [0.1, 0.15) is 5.82 Å². The minimum Gasteiger partial charge on any atom is -0.334 e. The number of aromatic nitrogens is 5. The normalized spacial score (nSPS) is 15.9. The SMILES string of the molecule is Cc1nnc(SCc2noc(-c3ccsc3)n2)n1C1CCCCC1. The maximum atomic E-state index is 5.34. The van der Waals surface area contributed by atoms with Gasteiger partial charge in [-0.3, -0.25) is 0 Å². The van der Waals surface area contributed by atoms with Crippen LogP contribution in [0.1, 0.15) is 49.8 Å². The molecule has 24 heavy (non-hydrogen) atoms. The second-order valence-electron chi connectivity index (χ2n) is 6.01. The Balaban J connectivity index is 1.46. The molecule has 3 aromatic rings. The van der Waals surface area contributed by atoms with Gasteiger partial charge < -0.3 is 9.09 Å². The molecule has 0 atom stereocenters. The summed E-state index contributed by atoms with van der Waals surface area (Å²) >= 11 is 3.25. The van der Waals surface area contributed by atoms with Gasteiger partial charge in [0.15, 0.2) is 11.0 Å². The molecular weight excluding hydrogens is 342 g/mol. The van der Waals surface area contributed by atoms with Gasteiger partial charge >= 0.3 is 0 Å². The van der Waals surface area contributed by atoms with E-state index in [1.165, 1.54) is 32.1 Å². The van der Waals surface area contributed by atoms with Crippen LogP contribution in [-0.4, -0.2) is 24.9 Å². The van der Waals surface area contributed by atoms with E-state index in [9.17, 15) is 0 Å². The largest absolute Gasteiger partial charge is 0.334 e. The van der Waals surface area contributed by atoms with Crippen molar-refractivity contribution in [2.24, 2.45) is 0 Å². The van der Waals surface area contributed by atoms with Crippen LogP contribution in [0.5, 0.6) is 0 Å². The van der Waals surface area contributed by atoms with Crippen molar-refractivity contribution in [1.29, 1.82) is 0 Å². The fraction of sp³-hybridized carbons (Fsp3) is 0.500. The topological polar surface area (TPSA) is 69.6 Å². The van der Waals surface area contributed by atoms with Crippen LogP contribution in [0.2, 0.25) is 0 Å². The maximum absolute atomic E-state index is 5.34. The Kier molecular flexibility index (Phi) is 4.66. The van der Waals surface area contributed by atoms with Crippen molar-refractivity contribution in [1.82, 2.24) is 24.9 Å². The molecule has 3 aromatic heterocycles. The van der Waals surface area contributed by atoms with E-state index in [1.807, 2.05) is 23.8 Å². The van der Waals surface area contributed by atoms with Crippen molar-refractivity contribution >= 4 is 23.1 Å². The van der Waals surface area contributed by atoms with Gasteiger partial charge in [0, 0.05) is 11.4 Å². The smallest absolute Gasteiger partial charge is 0.258 e. The predicted molar refractivity (Wildman–Crippen MR) is 94.1 cm³/mol. The van der Waals surface area contributed by atoms with E-state index in [-0.39, 0.29) is 0 Å². The van der Waals surface area contributed by atoms with Gasteiger partial charge in [-0.15, -0.1) is 10.2 Å². The van der Waals surface area contributed by atoms with Crippen LogP contribution < -0.4 is 0 Å². The molecule has 3 heterocycles. The van der Waals surface area contributed by atoms with Gasteiger partial charge in [-0.05, 0) is 31.2 Å². The lowest BCUT2D eigenvalue weighted by atomic mass is 9.95. The van der Waals surface area contributed by atoms with Crippen LogP contribution in [0.4, 0.5) is 0 Å². The molecule has 0 aromatic carbocycles. The molecule has 0 radical (unpaired) electrons. The molecule has 1 aliphatic carbocycles. The number of rotatable bonds is 5. The summed E-state index contributed by atoms with van der Waals surface area (Å²) in [6.07, 6.45) is 6.37. The van der Waals surface area contributed by atoms with Crippen LogP contribution in [0, 0.1) is 6.92 Å². The number of nitrogens with zero attached hydrogens (tertiary/aromatic N) is 5. The molecule has 0 N–H and O–H groups in total. The van der Waals surface area contributed by atoms with Gasteiger partial charge in [0.2, 0.25) is 0 Å². The first-order chi connectivity index (χ1) is 11.8. The summed E-state index contributed by atoms with van der Waals surface area (Å²) in [4.78, 5) is 4.47. The zero-order valence-corrected chi connectivity index (χ0v) is 15.1. The number of aryl methyl sites for hydroxylation is 1. The minimum atomic E-state index is 0.530. The molecule has 0 spiro atoms. The summed E-state index contributed by atoms with van der Waals surface area (Å²) in [6, 6.07) is 2.51. The average Bonchev–Trinajstić information content (AvgIpc) is 3.34. The first kappa shape index (κ1) is 15.8. The number of thioether (sulfide) groups is 1. The van der Waals surface area contributed by atoms with E-state index in [2.05, 4.69) is 24.9 Å². The average molecular weight is 361 g/mol. The summed E-state index contributed by atoms with van der Waals surface area (Å²) < 4.78 is 7.63. The van der Waals surface area contributed by atoms with Crippen LogP contribution in [-0.2, 0) is 5.75 Å². The van der Waals surface area contributed by atoms with Crippen molar-refractivity contribution in [3.63, 3.8) is 0 Å². The summed E-state index contributed by atoms with van der Waals surface area (Å²) in [5, 5.41) is 17.7. The molecular formula is C16H19N5OS2. The second-order valence-corrected chi connectivity index (χ2v) is 7.73. The Morgan fingerprint density at radius 1 is 1.29 bits per heavy atom. The van der Waals surface area contributed by atoms with Gasteiger partial charge in [-0.25, -0.2) is 0 Å². The van der Waals surface area contributed by atoms with Crippen molar-refractivity contribution in [3.8, 4) is 11.5 Å². The highest BCUT2D eigenvalue weighted by Crippen LogP contribution is 2.33. The third-order valence-electron chi connectivity index (χ3n) is 4.34. The van der Waals surface area contributed by atoms with Crippen LogP contribution in [0.15, 0.2) is 26.5 Å². The van der Waals surface area contributed by atoms with Crippen LogP contribution in [0.3, 0.4) is 0 Å². The first-order valence-electron chi connectivity index (χ1n) is 8.21. The lowest BCUT2D eigenvalue weighted by Crippen LogP contribution is -2.15. The molecule has 0 unspecified atom stereocenters. The highest BCUT2D eigenvalue weighted by Gasteiger charge is 2.21. The van der Waals surface area contributed by atoms with Crippen LogP contribution >= 0.6 is 23.1 Å². The first-order valence-corrected chi connectivity index (χ1v) is 10.1. The van der Waals surface area contributed by atoms with E-state index in [0.29, 0.717) is 23.5 Å². The lowest BCUT2D eigenvalue weighted by molar-refractivity contribution is 0.332. The molecule has 0 saturated heterocycles. The zero-order valence-electron chi connectivity index (χ0n) is 13.5. The van der Waals surface area contributed by atoms with E-state index < -0.39 is 0 Å². The molecule has 126 valence electrons. The summed E-state index contributed by atoms with van der Waals surface area (Å²) in [6.45, 7) is 2.04. The number of thiophene rings is 1. The molecule has 1 saturated carbocycles. The maximum Gasteiger partial charge on any atom is 0.258 e. The van der Waals surface area contributed by atoms with Gasteiger partial charge in [-0.1, -0.05) is 36.2 Å². The molecule has 8 heteroatoms. The van der Waals surface area contributed by atoms with E-state index in [4.69, 9.17) is 4.52 Å². The molecule has 0 aliphatic heterocycles. The van der Waals surface area contributed by atoms with E-state index >= 15 is 0 Å². The highest BCUT2D eigenvalue weighted by molar-refractivity contribution is 7.98. The third-order valence-corrected chi connectivity index (χ3v) is 5.96. The van der Waals surface area contributed by atoms with Gasteiger partial charge in [0.25, 0.3) is 5.89 Å². The fourth-order valence-electron chi connectivity index (χ4n) is 3.15. The zero-order chi connectivity index (χ0) is 16.4. The van der Waals surface area contributed by atoms with Crippen molar-refractivity contribution in [2.45, 2.75) is 56.0 Å². The van der Waals surface area contributed by atoms with E-state index in [0.717, 1.165) is 16.5 Å². The number of hydrogen-bond donors (Lipinski definition) is 0. The quantitative estimate of drug-likeness (QED) is 0.623. The Morgan fingerprint density at radius 2 is 2.17 bits per heavy atom. The molecule has 0 amide bonds. The Labute approximate surface area is 148 Å². The third kappa shape index (κ3) is 3.25. The second kappa shape index (κ2) is 7.06. The molecule has 4 rings (SSSR count). The van der Waals surface area contributed by atoms with Crippen molar-refractivity contribution in [2.75, 3.05) is 0 Å². The Morgan fingerprint density at radius 3 is 2.96 bits per heavy atom. The van der Waals surface area contributed by atoms with Crippen LogP contribution in [0.25, 0.3) is 11.5 Å². The van der Waals surface area contributed by atoms with E-state index in [1.54, 1.807) is 23.1 Å². The lowest BCUT2D eigenvalue weighted by Gasteiger charge is -2.24. The Hall–Kier alpha value is -1.67. The monoisotopic (exact) mass is 361 g/mol. The summed E-state index contributed by atoms with van der Waals surface area (Å²) in [5.41, 5.74) is 0.977. The summed E-state index contributed by atoms with van der Waals surface area (Å²) in [7, 11) is 0. The fourth-order valence-corrected chi connectivity index (χ4v) is 4.68. The number of hydrogen-bond acceptors (Lipinski definition) is 7. The molecule has 1 fully saturated rings. The molecule has 6 nitrogen and oxygen atoms in total. The summed E-state index contributed by atoms with van der Waals surface area (Å²) in [5.74, 6) is 2.91. The van der Waals surface area contributed by atoms with Gasteiger partial charge in [0.05, 0.1) is 11.3 Å². The molecule has 1 aliphatic rings. The minimum absolute atomic E-state index is 0.530. The standard InChI is InChI=1S/C16H19N5OS2/c1-11-18-19-16(21(11)13-5-3-2-4-6-13)24-10-14-17-15(22-20-14)12-7-8-23-9-12/h7-9,13H,2-6,10H2,1H3. The predicted octanol–water partition coefficient (Wildman–Crippen LogP) is 4.50. The Bertz CT molecular complexity index is 789. The van der Waals surface area contributed by atoms with Crippen molar-refractivity contribution in [3.05, 3.63) is 28.5 Å². The highest BCUT2D eigenvalue weighted by atomic mass is 32.2.